The number of sulfonamides is 1. The fraction of sp³-hybridized carbons (Fsp3) is 0.304. The molecule has 164 valence electrons. The number of phenolic OH excluding ortho intramolecular Hbond substituents is 1. The van der Waals surface area contributed by atoms with Crippen LogP contribution in [-0.2, 0) is 10.0 Å². The molecule has 0 amide bonds. The van der Waals surface area contributed by atoms with Crippen molar-refractivity contribution in [1.29, 1.82) is 0 Å². The maximum Gasteiger partial charge on any atom is 0.262 e. The molecule has 0 bridgehead atoms. The van der Waals surface area contributed by atoms with E-state index in [1.165, 1.54) is 18.2 Å². The quantitative estimate of drug-likeness (QED) is 0.519. The smallest absolute Gasteiger partial charge is 0.262 e. The van der Waals surface area contributed by atoms with E-state index in [0.29, 0.717) is 17.8 Å². The standard InChI is InChI=1S/C23H27N3O4S/c1-15-13-26(14-16(2)24-15)19-7-10-22(27)21(12-19)25-31(28,29)20-8-5-18(6-9-20)23-11-4-17(3)30-23/h4-12,15-16,24-25,27H,13-14H2,1-3H3/t15-,16?/m0/s1. The Bertz CT molecular complexity index is 1160. The molecule has 3 aromatic rings. The number of aryl methyl sites for hydroxylation is 1. The van der Waals surface area contributed by atoms with Crippen molar-refractivity contribution >= 4 is 21.4 Å². The Morgan fingerprint density at radius 1 is 1.03 bits per heavy atom. The number of phenols is 1. The molecule has 8 heteroatoms. The highest BCUT2D eigenvalue weighted by atomic mass is 32.2. The van der Waals surface area contributed by atoms with Gasteiger partial charge in [0.2, 0.25) is 0 Å². The van der Waals surface area contributed by atoms with Crippen LogP contribution >= 0.6 is 0 Å². The van der Waals surface area contributed by atoms with Crippen molar-refractivity contribution in [1.82, 2.24) is 5.32 Å². The second-order valence-electron chi connectivity index (χ2n) is 8.12. The number of benzene rings is 2. The number of rotatable bonds is 5. The SMILES string of the molecule is Cc1ccc(-c2ccc(S(=O)(=O)Nc3cc(N4CC(C)N[C@@H](C)C4)ccc3O)cc2)o1. The summed E-state index contributed by atoms with van der Waals surface area (Å²) < 4.78 is 34.0. The Morgan fingerprint density at radius 3 is 2.32 bits per heavy atom. The van der Waals surface area contributed by atoms with E-state index in [9.17, 15) is 13.5 Å². The summed E-state index contributed by atoms with van der Waals surface area (Å²) in [6.07, 6.45) is 0. The molecule has 0 radical (unpaired) electrons. The Labute approximate surface area is 182 Å². The number of hydrogen-bond acceptors (Lipinski definition) is 6. The predicted molar refractivity (Wildman–Crippen MR) is 122 cm³/mol. The van der Waals surface area contributed by atoms with E-state index < -0.39 is 10.0 Å². The monoisotopic (exact) mass is 441 g/mol. The lowest BCUT2D eigenvalue weighted by Gasteiger charge is -2.37. The predicted octanol–water partition coefficient (Wildman–Crippen LogP) is 3.95. The first kappa shape index (κ1) is 21.3. The van der Waals surface area contributed by atoms with Gasteiger partial charge < -0.3 is 19.7 Å². The highest BCUT2D eigenvalue weighted by molar-refractivity contribution is 7.92. The van der Waals surface area contributed by atoms with Gasteiger partial charge in [-0.15, -0.1) is 0 Å². The first-order valence-corrected chi connectivity index (χ1v) is 11.7. The van der Waals surface area contributed by atoms with Crippen LogP contribution in [0.15, 0.2) is 63.9 Å². The van der Waals surface area contributed by atoms with E-state index in [1.54, 1.807) is 24.3 Å². The largest absolute Gasteiger partial charge is 0.506 e. The third kappa shape index (κ3) is 4.70. The topological polar surface area (TPSA) is 94.8 Å². The van der Waals surface area contributed by atoms with Crippen LogP contribution in [0.2, 0.25) is 0 Å². The highest BCUT2D eigenvalue weighted by Gasteiger charge is 2.23. The third-order valence-corrected chi connectivity index (χ3v) is 6.72. The highest BCUT2D eigenvalue weighted by Crippen LogP contribution is 2.32. The summed E-state index contributed by atoms with van der Waals surface area (Å²) in [5.74, 6) is 1.35. The maximum atomic E-state index is 12.9. The van der Waals surface area contributed by atoms with Gasteiger partial charge >= 0.3 is 0 Å². The fourth-order valence-electron chi connectivity index (χ4n) is 3.93. The summed E-state index contributed by atoms with van der Waals surface area (Å²) in [7, 11) is -3.87. The molecular weight excluding hydrogens is 414 g/mol. The van der Waals surface area contributed by atoms with Crippen LogP contribution < -0.4 is 14.9 Å². The van der Waals surface area contributed by atoms with Crippen LogP contribution in [0, 0.1) is 6.92 Å². The molecule has 2 aromatic carbocycles. The lowest BCUT2D eigenvalue weighted by Crippen LogP contribution is -2.54. The molecule has 1 aliphatic rings. The van der Waals surface area contributed by atoms with Crippen molar-refractivity contribution in [2.24, 2.45) is 0 Å². The average Bonchev–Trinajstić information content (AvgIpc) is 3.15. The van der Waals surface area contributed by atoms with E-state index in [0.717, 1.165) is 30.1 Å². The van der Waals surface area contributed by atoms with Crippen LogP contribution in [0.1, 0.15) is 19.6 Å². The van der Waals surface area contributed by atoms with Gasteiger partial charge in [0.15, 0.2) is 0 Å². The number of aromatic hydroxyl groups is 1. The van der Waals surface area contributed by atoms with Crippen molar-refractivity contribution in [2.45, 2.75) is 37.8 Å². The van der Waals surface area contributed by atoms with E-state index in [-0.39, 0.29) is 16.3 Å². The molecule has 1 aliphatic heterocycles. The zero-order chi connectivity index (χ0) is 22.2. The number of anilines is 2. The molecular formula is C23H27N3O4S. The normalized spacial score (nSPS) is 19.4. The molecule has 2 heterocycles. The summed E-state index contributed by atoms with van der Waals surface area (Å²) >= 11 is 0. The van der Waals surface area contributed by atoms with Crippen LogP contribution in [-0.4, -0.2) is 38.7 Å². The van der Waals surface area contributed by atoms with Gasteiger partial charge in [-0.1, -0.05) is 0 Å². The molecule has 1 unspecified atom stereocenters. The second-order valence-corrected chi connectivity index (χ2v) is 9.80. The molecule has 0 aliphatic carbocycles. The Balaban J connectivity index is 1.56. The van der Waals surface area contributed by atoms with Gasteiger partial charge in [0.1, 0.15) is 17.3 Å². The van der Waals surface area contributed by atoms with Gasteiger partial charge in [0.05, 0.1) is 10.6 Å². The number of furan rings is 1. The first-order chi connectivity index (χ1) is 14.7. The van der Waals surface area contributed by atoms with Gasteiger partial charge in [0.25, 0.3) is 10.0 Å². The second kappa shape index (κ2) is 8.28. The number of nitrogens with zero attached hydrogens (tertiary/aromatic N) is 1. The summed E-state index contributed by atoms with van der Waals surface area (Å²) in [6.45, 7) is 7.68. The minimum absolute atomic E-state index is 0.105. The molecule has 1 aromatic heterocycles. The molecule has 1 fully saturated rings. The maximum absolute atomic E-state index is 12.9. The number of nitrogens with one attached hydrogen (secondary N) is 2. The minimum atomic E-state index is -3.87. The molecule has 3 N–H and O–H groups in total. The molecule has 2 atom stereocenters. The van der Waals surface area contributed by atoms with Gasteiger partial charge in [0, 0.05) is 36.4 Å². The number of hydrogen-bond donors (Lipinski definition) is 3. The first-order valence-electron chi connectivity index (χ1n) is 10.2. The van der Waals surface area contributed by atoms with Gasteiger partial charge in [-0.05, 0) is 75.4 Å². The van der Waals surface area contributed by atoms with Gasteiger partial charge in [-0.3, -0.25) is 4.72 Å². The van der Waals surface area contributed by atoms with Gasteiger partial charge in [-0.2, -0.15) is 0 Å². The van der Waals surface area contributed by atoms with Crippen molar-refractivity contribution < 1.29 is 17.9 Å². The average molecular weight is 442 g/mol. The fourth-order valence-corrected chi connectivity index (χ4v) is 5.00. The molecule has 4 rings (SSSR count). The van der Waals surface area contributed by atoms with E-state index in [1.807, 2.05) is 19.1 Å². The Morgan fingerprint density at radius 2 is 1.71 bits per heavy atom. The van der Waals surface area contributed by atoms with Crippen molar-refractivity contribution in [2.75, 3.05) is 22.7 Å². The molecule has 31 heavy (non-hydrogen) atoms. The lowest BCUT2D eigenvalue weighted by atomic mass is 10.1. The van der Waals surface area contributed by atoms with Gasteiger partial charge in [-0.25, -0.2) is 8.42 Å². The summed E-state index contributed by atoms with van der Waals surface area (Å²) in [5.41, 5.74) is 1.81. The lowest BCUT2D eigenvalue weighted by molar-refractivity contribution is 0.407. The van der Waals surface area contributed by atoms with E-state index in [4.69, 9.17) is 4.42 Å². The van der Waals surface area contributed by atoms with Crippen molar-refractivity contribution in [3.63, 3.8) is 0 Å². The summed E-state index contributed by atoms with van der Waals surface area (Å²) in [4.78, 5) is 2.29. The van der Waals surface area contributed by atoms with Crippen LogP contribution in [0.5, 0.6) is 5.75 Å². The van der Waals surface area contributed by atoms with E-state index in [2.05, 4.69) is 28.8 Å². The minimum Gasteiger partial charge on any atom is -0.506 e. The molecule has 0 spiro atoms. The molecule has 1 saturated heterocycles. The van der Waals surface area contributed by atoms with Crippen LogP contribution in [0.25, 0.3) is 11.3 Å². The zero-order valence-corrected chi connectivity index (χ0v) is 18.6. The summed E-state index contributed by atoms with van der Waals surface area (Å²) in [6, 6.07) is 15.8. The Kier molecular flexibility index (Phi) is 5.68. The van der Waals surface area contributed by atoms with Crippen molar-refractivity contribution in [3.8, 4) is 17.1 Å². The summed E-state index contributed by atoms with van der Waals surface area (Å²) in [5, 5.41) is 13.7. The third-order valence-electron chi connectivity index (χ3n) is 5.34. The number of piperazine rings is 1. The van der Waals surface area contributed by atoms with Crippen molar-refractivity contribution in [3.05, 3.63) is 60.4 Å². The van der Waals surface area contributed by atoms with Crippen LogP contribution in [0.3, 0.4) is 0 Å². The zero-order valence-electron chi connectivity index (χ0n) is 17.8. The Hall–Kier alpha value is -2.97. The van der Waals surface area contributed by atoms with E-state index >= 15 is 0 Å². The van der Waals surface area contributed by atoms with Crippen LogP contribution in [0.4, 0.5) is 11.4 Å². The molecule has 0 saturated carbocycles. The molecule has 7 nitrogen and oxygen atoms in total.